The van der Waals surface area contributed by atoms with E-state index < -0.39 is 30.1 Å². The van der Waals surface area contributed by atoms with Gasteiger partial charge in [0.1, 0.15) is 12.6 Å². The fourth-order valence-corrected chi connectivity index (χ4v) is 4.60. The first-order chi connectivity index (χ1) is 16.5. The number of carboxylic acid groups (broad SMARTS) is 1. The summed E-state index contributed by atoms with van der Waals surface area (Å²) in [5.41, 5.74) is 4.43. The van der Waals surface area contributed by atoms with Crippen molar-refractivity contribution in [1.82, 2.24) is 10.6 Å². The molecule has 1 fully saturated rings. The smallest absolute Gasteiger partial charge is 0.407 e. The molecule has 0 aromatic heterocycles. The van der Waals surface area contributed by atoms with Crippen LogP contribution in [0.5, 0.6) is 0 Å². The van der Waals surface area contributed by atoms with Crippen molar-refractivity contribution in [2.45, 2.75) is 24.5 Å². The summed E-state index contributed by atoms with van der Waals surface area (Å²) in [4.78, 5) is 36.4. The minimum atomic E-state index is -1.05. The Morgan fingerprint density at radius 1 is 1.09 bits per heavy atom. The highest BCUT2D eigenvalue weighted by Crippen LogP contribution is 2.44. The van der Waals surface area contributed by atoms with Crippen molar-refractivity contribution < 1.29 is 33.7 Å². The summed E-state index contributed by atoms with van der Waals surface area (Å²) in [5.74, 6) is -1.96. The van der Waals surface area contributed by atoms with Crippen LogP contribution in [0, 0.1) is 5.92 Å². The molecule has 0 spiro atoms. The average molecular weight is 469 g/mol. The van der Waals surface area contributed by atoms with Crippen LogP contribution in [0.2, 0.25) is 0 Å². The number of fused-ring (bicyclic) bond motifs is 3. The molecule has 9 heteroatoms. The Bertz CT molecular complexity index is 1010. The van der Waals surface area contributed by atoms with Crippen molar-refractivity contribution in [3.8, 4) is 11.1 Å². The maximum absolute atomic E-state index is 12.6. The van der Waals surface area contributed by atoms with E-state index in [0.717, 1.165) is 22.3 Å². The second kappa shape index (κ2) is 10.7. The van der Waals surface area contributed by atoms with E-state index in [9.17, 15) is 19.5 Å². The lowest BCUT2D eigenvalue weighted by molar-refractivity contribution is -0.149. The molecule has 180 valence electrons. The van der Waals surface area contributed by atoms with Crippen molar-refractivity contribution in [2.24, 2.45) is 5.92 Å². The second-order valence-corrected chi connectivity index (χ2v) is 8.40. The molecule has 0 saturated carbocycles. The maximum Gasteiger partial charge on any atom is 0.407 e. The van der Waals surface area contributed by atoms with E-state index in [4.69, 9.17) is 14.2 Å². The van der Waals surface area contributed by atoms with Gasteiger partial charge in [-0.1, -0.05) is 48.5 Å². The average Bonchev–Trinajstić information content (AvgIpc) is 3.44. The zero-order valence-electron chi connectivity index (χ0n) is 18.9. The fraction of sp³-hybridized carbons (Fsp3) is 0.400. The number of amides is 2. The van der Waals surface area contributed by atoms with E-state index in [1.807, 2.05) is 36.4 Å². The van der Waals surface area contributed by atoms with E-state index in [0.29, 0.717) is 13.0 Å². The van der Waals surface area contributed by atoms with Crippen LogP contribution in [0.3, 0.4) is 0 Å². The Kier molecular flexibility index (Phi) is 7.44. The third-order valence-corrected chi connectivity index (χ3v) is 6.28. The molecule has 0 unspecified atom stereocenters. The summed E-state index contributed by atoms with van der Waals surface area (Å²) in [6.07, 6.45) is -1.14. The second-order valence-electron chi connectivity index (χ2n) is 8.40. The Morgan fingerprint density at radius 2 is 1.74 bits per heavy atom. The highest BCUT2D eigenvalue weighted by molar-refractivity contribution is 5.86. The van der Waals surface area contributed by atoms with Gasteiger partial charge in [0.2, 0.25) is 5.91 Å². The molecule has 9 nitrogen and oxygen atoms in total. The first-order valence-electron chi connectivity index (χ1n) is 11.2. The number of ether oxygens (including phenoxy) is 3. The quantitative estimate of drug-likeness (QED) is 0.515. The third kappa shape index (κ3) is 5.05. The molecule has 2 aromatic rings. The zero-order valence-corrected chi connectivity index (χ0v) is 18.9. The van der Waals surface area contributed by atoms with Gasteiger partial charge < -0.3 is 30.0 Å². The van der Waals surface area contributed by atoms with Crippen LogP contribution in [0.15, 0.2) is 48.5 Å². The molecule has 0 radical (unpaired) electrons. The topological polar surface area (TPSA) is 123 Å². The molecule has 4 rings (SSSR count). The molecule has 3 N–H and O–H groups in total. The van der Waals surface area contributed by atoms with Gasteiger partial charge in [-0.05, 0) is 28.7 Å². The molecule has 1 aliphatic carbocycles. The van der Waals surface area contributed by atoms with Gasteiger partial charge in [-0.15, -0.1) is 0 Å². The van der Waals surface area contributed by atoms with E-state index in [1.54, 1.807) is 0 Å². The molecule has 1 heterocycles. The van der Waals surface area contributed by atoms with Crippen LogP contribution >= 0.6 is 0 Å². The highest BCUT2D eigenvalue weighted by Gasteiger charge is 2.35. The van der Waals surface area contributed by atoms with Gasteiger partial charge in [-0.3, -0.25) is 4.79 Å². The zero-order chi connectivity index (χ0) is 24.1. The number of nitrogens with one attached hydrogen (secondary N) is 2. The fourth-order valence-electron chi connectivity index (χ4n) is 4.60. The van der Waals surface area contributed by atoms with E-state index in [2.05, 4.69) is 22.8 Å². The van der Waals surface area contributed by atoms with Crippen LogP contribution in [-0.4, -0.2) is 68.7 Å². The number of carbonyl (C=O) groups excluding carboxylic acids is 2. The molecule has 1 aliphatic heterocycles. The van der Waals surface area contributed by atoms with Crippen molar-refractivity contribution in [3.63, 3.8) is 0 Å². The van der Waals surface area contributed by atoms with Crippen LogP contribution in [0.4, 0.5) is 4.79 Å². The molecule has 2 aromatic carbocycles. The number of carbonyl (C=O) groups is 3. The van der Waals surface area contributed by atoms with Crippen LogP contribution in [-0.2, 0) is 23.8 Å². The summed E-state index contributed by atoms with van der Waals surface area (Å²) in [5, 5.41) is 14.4. The Balaban J connectivity index is 1.33. The number of hydrogen-bond acceptors (Lipinski definition) is 6. The maximum atomic E-state index is 12.6. The predicted molar refractivity (Wildman–Crippen MR) is 122 cm³/mol. The normalized spacial score (nSPS) is 19.7. The third-order valence-electron chi connectivity index (χ3n) is 6.28. The largest absolute Gasteiger partial charge is 0.479 e. The predicted octanol–water partition coefficient (Wildman–Crippen LogP) is 2.15. The summed E-state index contributed by atoms with van der Waals surface area (Å²) < 4.78 is 15.8. The standard InChI is InChI=1S/C25H28N2O7/c1-32-14-21(23(28)26-12-15-10-11-33-22(15)24(29)30)27-25(31)34-13-20-18-8-4-2-6-16(18)17-7-3-5-9-19(17)20/h2-9,15,20-22H,10-14H2,1H3,(H,26,28)(H,27,31)(H,29,30)/t15-,21-,22-/m0/s1. The Morgan fingerprint density at radius 3 is 2.35 bits per heavy atom. The molecule has 2 aliphatic rings. The molecular weight excluding hydrogens is 440 g/mol. The Hall–Kier alpha value is -3.43. The summed E-state index contributed by atoms with van der Waals surface area (Å²) in [6.45, 7) is 0.528. The SMILES string of the molecule is COC[C@H](NC(=O)OCC1c2ccccc2-c2ccccc21)C(=O)NC[C@@H]1CCO[C@@H]1C(=O)O. The molecule has 3 atom stereocenters. The van der Waals surface area contributed by atoms with E-state index in [1.165, 1.54) is 7.11 Å². The van der Waals surface area contributed by atoms with Gasteiger partial charge >= 0.3 is 12.1 Å². The van der Waals surface area contributed by atoms with Gasteiger partial charge in [0, 0.05) is 32.1 Å². The van der Waals surface area contributed by atoms with Crippen molar-refractivity contribution in [2.75, 3.05) is 33.5 Å². The highest BCUT2D eigenvalue weighted by atomic mass is 16.5. The lowest BCUT2D eigenvalue weighted by Gasteiger charge is -2.21. The number of carboxylic acids is 1. The number of methoxy groups -OCH3 is 1. The molecule has 1 saturated heterocycles. The molecular formula is C25H28N2O7. The minimum Gasteiger partial charge on any atom is -0.479 e. The minimum absolute atomic E-state index is 0.0560. The molecule has 0 bridgehead atoms. The molecule has 34 heavy (non-hydrogen) atoms. The number of alkyl carbamates (subject to hydrolysis) is 1. The van der Waals surface area contributed by atoms with E-state index >= 15 is 0 Å². The molecule has 2 amide bonds. The van der Waals surface area contributed by atoms with Crippen LogP contribution < -0.4 is 10.6 Å². The van der Waals surface area contributed by atoms with E-state index in [-0.39, 0.29) is 31.6 Å². The van der Waals surface area contributed by atoms with Crippen molar-refractivity contribution >= 4 is 18.0 Å². The van der Waals surface area contributed by atoms with Gasteiger partial charge in [0.05, 0.1) is 6.61 Å². The first-order valence-corrected chi connectivity index (χ1v) is 11.2. The monoisotopic (exact) mass is 468 g/mol. The number of rotatable bonds is 9. The summed E-state index contributed by atoms with van der Waals surface area (Å²) in [6, 6.07) is 15.1. The summed E-state index contributed by atoms with van der Waals surface area (Å²) in [7, 11) is 1.42. The number of benzene rings is 2. The van der Waals surface area contributed by atoms with Crippen LogP contribution in [0.1, 0.15) is 23.5 Å². The number of aliphatic carboxylic acids is 1. The first kappa shape index (κ1) is 23.7. The van der Waals surface area contributed by atoms with Gasteiger partial charge in [0.25, 0.3) is 0 Å². The van der Waals surface area contributed by atoms with Crippen LogP contribution in [0.25, 0.3) is 11.1 Å². The lowest BCUT2D eigenvalue weighted by atomic mass is 9.98. The van der Waals surface area contributed by atoms with Crippen molar-refractivity contribution in [3.05, 3.63) is 59.7 Å². The lowest BCUT2D eigenvalue weighted by Crippen LogP contribution is -2.51. The Labute approximate surface area is 197 Å². The van der Waals surface area contributed by atoms with Gasteiger partial charge in [-0.2, -0.15) is 0 Å². The van der Waals surface area contributed by atoms with Crippen molar-refractivity contribution in [1.29, 1.82) is 0 Å². The summed E-state index contributed by atoms with van der Waals surface area (Å²) >= 11 is 0. The van der Waals surface area contributed by atoms with Gasteiger partial charge in [-0.25, -0.2) is 9.59 Å². The van der Waals surface area contributed by atoms with Gasteiger partial charge in [0.15, 0.2) is 6.10 Å². The number of hydrogen-bond donors (Lipinski definition) is 3.